The van der Waals surface area contributed by atoms with Crippen LogP contribution in [0.1, 0.15) is 13.8 Å². The Hall–Kier alpha value is 0.0500. The van der Waals surface area contributed by atoms with Crippen LogP contribution in [0.3, 0.4) is 0 Å². The zero-order chi connectivity index (χ0) is 13.1. The summed E-state index contributed by atoms with van der Waals surface area (Å²) >= 11 is 0. The zero-order valence-electron chi connectivity index (χ0n) is 10.5. The lowest BCUT2D eigenvalue weighted by molar-refractivity contribution is -0.142. The first-order valence-corrected chi connectivity index (χ1v) is 7.62. The Bertz CT molecular complexity index is 214. The van der Waals surface area contributed by atoms with Gasteiger partial charge in [0.1, 0.15) is 12.5 Å². The minimum Gasteiger partial charge on any atom is -0.480 e. The van der Waals surface area contributed by atoms with Crippen molar-refractivity contribution in [1.29, 1.82) is 0 Å². The number of carboxylic acids is 1. The number of rotatable bonds is 11. The smallest absolute Gasteiger partial charge is 0.329 e. The molecule has 2 N–H and O–H groups in total. The summed E-state index contributed by atoms with van der Waals surface area (Å²) in [7, 11) is 5.35. The van der Waals surface area contributed by atoms with E-state index in [-0.39, 0.29) is 11.4 Å². The molecule has 0 aromatic heterocycles. The summed E-state index contributed by atoms with van der Waals surface area (Å²) in [6.45, 7) is 5.74. The SMILES string of the molecule is CNCC(C)(C)SSCOCCOCC(=O)O. The van der Waals surface area contributed by atoms with Crippen LogP contribution in [-0.2, 0) is 14.3 Å². The summed E-state index contributed by atoms with van der Waals surface area (Å²) in [4.78, 5) is 10.1. The second-order valence-corrected chi connectivity index (χ2v) is 6.91. The van der Waals surface area contributed by atoms with Gasteiger partial charge in [-0.25, -0.2) is 4.79 Å². The molecule has 0 radical (unpaired) electrons. The topological polar surface area (TPSA) is 67.8 Å². The van der Waals surface area contributed by atoms with Crippen LogP contribution in [0.2, 0.25) is 0 Å². The van der Waals surface area contributed by atoms with E-state index in [1.165, 1.54) is 0 Å². The molecule has 17 heavy (non-hydrogen) atoms. The Morgan fingerprint density at radius 3 is 2.59 bits per heavy atom. The summed E-state index contributed by atoms with van der Waals surface area (Å²) in [5, 5.41) is 11.5. The first kappa shape index (κ1) is 17.1. The Balaban J connectivity index is 3.26. The van der Waals surface area contributed by atoms with Gasteiger partial charge in [-0.15, -0.1) is 0 Å². The molecular weight excluding hydrogens is 262 g/mol. The van der Waals surface area contributed by atoms with Gasteiger partial charge in [0, 0.05) is 11.3 Å². The minimum atomic E-state index is -0.955. The lowest BCUT2D eigenvalue weighted by Gasteiger charge is -2.22. The molecule has 7 heteroatoms. The minimum absolute atomic E-state index is 0.169. The van der Waals surface area contributed by atoms with E-state index in [0.717, 1.165) is 6.54 Å². The van der Waals surface area contributed by atoms with Gasteiger partial charge >= 0.3 is 5.97 Å². The first-order chi connectivity index (χ1) is 7.98. The maximum Gasteiger partial charge on any atom is 0.329 e. The molecule has 0 aliphatic rings. The van der Waals surface area contributed by atoms with Crippen molar-refractivity contribution >= 4 is 27.6 Å². The lowest BCUT2D eigenvalue weighted by atomic mass is 10.2. The molecule has 0 heterocycles. The Kier molecular flexibility index (Phi) is 10.0. The normalized spacial score (nSPS) is 11.7. The Morgan fingerprint density at radius 1 is 1.35 bits per heavy atom. The average molecular weight is 283 g/mol. The van der Waals surface area contributed by atoms with E-state index in [9.17, 15) is 4.79 Å². The number of hydrogen-bond donors (Lipinski definition) is 2. The van der Waals surface area contributed by atoms with Crippen molar-refractivity contribution in [2.24, 2.45) is 0 Å². The highest BCUT2D eigenvalue weighted by atomic mass is 33.1. The van der Waals surface area contributed by atoms with Crippen LogP contribution in [-0.4, -0.2) is 55.2 Å². The summed E-state index contributed by atoms with van der Waals surface area (Å²) in [6.07, 6.45) is 0. The zero-order valence-corrected chi connectivity index (χ0v) is 12.2. The molecule has 0 saturated heterocycles. The van der Waals surface area contributed by atoms with Gasteiger partial charge in [-0.2, -0.15) is 0 Å². The molecule has 0 spiro atoms. The maximum absolute atomic E-state index is 10.1. The standard InChI is InChI=1S/C10H21NO4S2/c1-10(2,7-11-3)17-16-8-15-5-4-14-6-9(12)13/h11H,4-8H2,1-3H3,(H,12,13). The average Bonchev–Trinajstić information content (AvgIpc) is 2.21. The van der Waals surface area contributed by atoms with E-state index in [4.69, 9.17) is 14.6 Å². The molecule has 0 aromatic carbocycles. The highest BCUT2D eigenvalue weighted by Crippen LogP contribution is 2.34. The first-order valence-electron chi connectivity index (χ1n) is 5.30. The summed E-state index contributed by atoms with van der Waals surface area (Å²) in [6, 6.07) is 0. The van der Waals surface area contributed by atoms with Gasteiger partial charge in [0.2, 0.25) is 0 Å². The Morgan fingerprint density at radius 2 is 2.00 bits per heavy atom. The van der Waals surface area contributed by atoms with E-state index in [0.29, 0.717) is 19.2 Å². The van der Waals surface area contributed by atoms with Crippen LogP contribution >= 0.6 is 21.6 Å². The van der Waals surface area contributed by atoms with E-state index in [1.54, 1.807) is 21.6 Å². The van der Waals surface area contributed by atoms with Crippen molar-refractivity contribution in [3.05, 3.63) is 0 Å². The van der Waals surface area contributed by atoms with Gasteiger partial charge in [0.15, 0.2) is 0 Å². The third-order valence-electron chi connectivity index (χ3n) is 1.62. The highest BCUT2D eigenvalue weighted by molar-refractivity contribution is 8.77. The molecule has 0 rings (SSSR count). The molecular formula is C10H21NO4S2. The van der Waals surface area contributed by atoms with Gasteiger partial charge in [-0.05, 0) is 20.9 Å². The van der Waals surface area contributed by atoms with Crippen LogP contribution in [0.5, 0.6) is 0 Å². The van der Waals surface area contributed by atoms with Crippen molar-refractivity contribution in [3.63, 3.8) is 0 Å². The van der Waals surface area contributed by atoms with Crippen LogP contribution in [0.25, 0.3) is 0 Å². The predicted molar refractivity (Wildman–Crippen MR) is 72.5 cm³/mol. The van der Waals surface area contributed by atoms with Crippen molar-refractivity contribution in [2.75, 3.05) is 39.4 Å². The van der Waals surface area contributed by atoms with E-state index in [2.05, 4.69) is 19.2 Å². The van der Waals surface area contributed by atoms with Crippen LogP contribution < -0.4 is 5.32 Å². The largest absolute Gasteiger partial charge is 0.480 e. The molecule has 0 saturated carbocycles. The summed E-state index contributed by atoms with van der Waals surface area (Å²) in [5.41, 5.74) is 0. The van der Waals surface area contributed by atoms with E-state index < -0.39 is 5.97 Å². The molecule has 0 aromatic rings. The predicted octanol–water partition coefficient (Wildman–Crippen LogP) is 1.44. The number of nitrogens with one attached hydrogen (secondary N) is 1. The van der Waals surface area contributed by atoms with Crippen LogP contribution in [0.4, 0.5) is 0 Å². The highest BCUT2D eigenvalue weighted by Gasteiger charge is 2.17. The van der Waals surface area contributed by atoms with Gasteiger partial charge in [0.05, 0.1) is 13.2 Å². The number of ether oxygens (including phenoxy) is 2. The van der Waals surface area contributed by atoms with Crippen LogP contribution in [0, 0.1) is 0 Å². The summed E-state index contributed by atoms with van der Waals surface area (Å²) < 4.78 is 10.3. The third-order valence-corrected chi connectivity index (χ3v) is 4.59. The number of carbonyl (C=O) groups is 1. The fraction of sp³-hybridized carbons (Fsp3) is 0.900. The second-order valence-electron chi connectivity index (χ2n) is 3.96. The van der Waals surface area contributed by atoms with Crippen LogP contribution in [0.15, 0.2) is 0 Å². The monoisotopic (exact) mass is 283 g/mol. The van der Waals surface area contributed by atoms with Gasteiger partial charge < -0.3 is 19.9 Å². The lowest BCUT2D eigenvalue weighted by Crippen LogP contribution is -2.28. The van der Waals surface area contributed by atoms with Crippen molar-refractivity contribution in [2.45, 2.75) is 18.6 Å². The molecule has 0 atom stereocenters. The van der Waals surface area contributed by atoms with Gasteiger partial charge in [-0.1, -0.05) is 21.6 Å². The van der Waals surface area contributed by atoms with Crippen molar-refractivity contribution in [3.8, 4) is 0 Å². The molecule has 0 aliphatic heterocycles. The molecule has 0 amide bonds. The number of aliphatic carboxylic acids is 1. The number of hydrogen-bond acceptors (Lipinski definition) is 6. The molecule has 102 valence electrons. The quantitative estimate of drug-likeness (QED) is 0.338. The third kappa shape index (κ3) is 12.3. The molecule has 0 unspecified atom stereocenters. The number of carboxylic acid groups (broad SMARTS) is 1. The Labute approximate surface area is 110 Å². The maximum atomic E-state index is 10.1. The van der Waals surface area contributed by atoms with Gasteiger partial charge in [-0.3, -0.25) is 0 Å². The molecule has 0 bridgehead atoms. The van der Waals surface area contributed by atoms with Gasteiger partial charge in [0.25, 0.3) is 0 Å². The fourth-order valence-electron chi connectivity index (χ4n) is 1.01. The van der Waals surface area contributed by atoms with Crippen molar-refractivity contribution < 1.29 is 19.4 Å². The van der Waals surface area contributed by atoms with E-state index in [1.807, 2.05) is 7.05 Å². The molecule has 0 fully saturated rings. The molecule has 5 nitrogen and oxygen atoms in total. The summed E-state index contributed by atoms with van der Waals surface area (Å²) in [5.74, 6) is -0.377. The van der Waals surface area contributed by atoms with E-state index >= 15 is 0 Å². The van der Waals surface area contributed by atoms with Crippen molar-refractivity contribution in [1.82, 2.24) is 5.32 Å². The molecule has 0 aliphatic carbocycles. The fourth-order valence-corrected chi connectivity index (χ4v) is 3.25. The second kappa shape index (κ2) is 10.0.